The van der Waals surface area contributed by atoms with Gasteiger partial charge in [0, 0.05) is 15.7 Å². The van der Waals surface area contributed by atoms with Crippen molar-refractivity contribution in [1.82, 2.24) is 5.43 Å². The van der Waals surface area contributed by atoms with Crippen LogP contribution in [0.1, 0.15) is 22.3 Å². The average molecular weight is 510 g/mol. The Morgan fingerprint density at radius 3 is 2.45 bits per heavy atom. The Hall–Kier alpha value is -3.65. The van der Waals surface area contributed by atoms with Crippen molar-refractivity contribution in [2.45, 2.75) is 20.5 Å². The molecule has 0 unspecified atom stereocenters. The van der Waals surface area contributed by atoms with Gasteiger partial charge in [0.15, 0.2) is 11.5 Å². The molecule has 0 saturated carbocycles. The first-order valence-electron chi connectivity index (χ1n) is 10.1. The Morgan fingerprint density at radius 2 is 1.76 bits per heavy atom. The van der Waals surface area contributed by atoms with Gasteiger partial charge >= 0.3 is 11.8 Å². The summed E-state index contributed by atoms with van der Waals surface area (Å²) in [7, 11) is 1.54. The lowest BCUT2D eigenvalue weighted by Crippen LogP contribution is -2.32. The predicted molar refractivity (Wildman–Crippen MR) is 132 cm³/mol. The fourth-order valence-corrected chi connectivity index (χ4v) is 3.17. The molecule has 33 heavy (non-hydrogen) atoms. The molecule has 2 N–H and O–H groups in total. The lowest BCUT2D eigenvalue weighted by Gasteiger charge is -2.13. The van der Waals surface area contributed by atoms with Gasteiger partial charge in [-0.2, -0.15) is 5.10 Å². The van der Waals surface area contributed by atoms with Crippen LogP contribution < -0.4 is 20.2 Å². The topological polar surface area (TPSA) is 89.0 Å². The molecule has 7 nitrogen and oxygen atoms in total. The van der Waals surface area contributed by atoms with Crippen molar-refractivity contribution >= 4 is 39.6 Å². The number of amides is 2. The van der Waals surface area contributed by atoms with Crippen molar-refractivity contribution in [1.29, 1.82) is 0 Å². The lowest BCUT2D eigenvalue weighted by atomic mass is 10.1. The lowest BCUT2D eigenvalue weighted by molar-refractivity contribution is -0.136. The monoisotopic (exact) mass is 509 g/mol. The Balaban J connectivity index is 1.65. The van der Waals surface area contributed by atoms with Gasteiger partial charge in [0.25, 0.3) is 0 Å². The summed E-state index contributed by atoms with van der Waals surface area (Å²) in [6.07, 6.45) is 1.40. The number of hydrazone groups is 1. The van der Waals surface area contributed by atoms with Crippen molar-refractivity contribution < 1.29 is 19.1 Å². The number of halogens is 1. The molecule has 0 aliphatic carbocycles. The van der Waals surface area contributed by atoms with Gasteiger partial charge in [-0.15, -0.1) is 0 Å². The number of ether oxygens (including phenoxy) is 2. The van der Waals surface area contributed by atoms with Crippen molar-refractivity contribution in [2.24, 2.45) is 5.10 Å². The van der Waals surface area contributed by atoms with Crippen LogP contribution in [0.15, 0.2) is 70.2 Å². The van der Waals surface area contributed by atoms with E-state index in [-0.39, 0.29) is 0 Å². The van der Waals surface area contributed by atoms with E-state index >= 15 is 0 Å². The molecule has 0 saturated heterocycles. The summed E-state index contributed by atoms with van der Waals surface area (Å²) < 4.78 is 12.3. The molecule has 0 bridgehead atoms. The molecule has 0 atom stereocenters. The first kappa shape index (κ1) is 24.0. The summed E-state index contributed by atoms with van der Waals surface area (Å²) >= 11 is 3.41. The van der Waals surface area contributed by atoms with Crippen molar-refractivity contribution in [2.75, 3.05) is 12.4 Å². The van der Waals surface area contributed by atoms with Gasteiger partial charge < -0.3 is 14.8 Å². The van der Waals surface area contributed by atoms with E-state index in [1.165, 1.54) is 6.21 Å². The maximum absolute atomic E-state index is 12.2. The van der Waals surface area contributed by atoms with Gasteiger partial charge in [0.05, 0.1) is 13.3 Å². The second-order valence-electron chi connectivity index (χ2n) is 7.25. The second-order valence-corrected chi connectivity index (χ2v) is 8.16. The highest BCUT2D eigenvalue weighted by molar-refractivity contribution is 9.10. The summed E-state index contributed by atoms with van der Waals surface area (Å²) in [6, 6.07) is 18.5. The number of carbonyl (C=O) groups excluding carboxylic acids is 2. The molecule has 0 aliphatic heterocycles. The summed E-state index contributed by atoms with van der Waals surface area (Å²) in [5.41, 5.74) is 6.45. The third-order valence-corrected chi connectivity index (χ3v) is 5.40. The zero-order chi connectivity index (χ0) is 23.8. The van der Waals surface area contributed by atoms with E-state index in [4.69, 9.17) is 9.47 Å². The number of nitrogens with zero attached hydrogens (tertiary/aromatic N) is 1. The normalized spacial score (nSPS) is 10.7. The van der Waals surface area contributed by atoms with Crippen LogP contribution in [0.3, 0.4) is 0 Å². The van der Waals surface area contributed by atoms with Crippen LogP contribution in [0.5, 0.6) is 11.5 Å². The molecule has 0 fully saturated rings. The number of carbonyl (C=O) groups is 2. The van der Waals surface area contributed by atoms with Crippen molar-refractivity contribution in [3.63, 3.8) is 0 Å². The first-order valence-corrected chi connectivity index (χ1v) is 10.9. The van der Waals surface area contributed by atoms with Crippen LogP contribution in [0.2, 0.25) is 0 Å². The molecular weight excluding hydrogens is 486 g/mol. The van der Waals surface area contributed by atoms with E-state index in [9.17, 15) is 9.59 Å². The molecule has 170 valence electrons. The van der Waals surface area contributed by atoms with Gasteiger partial charge in [-0.05, 0) is 66.9 Å². The van der Waals surface area contributed by atoms with E-state index in [0.29, 0.717) is 29.4 Å². The number of nitrogens with one attached hydrogen (secondary N) is 2. The number of hydrogen-bond donors (Lipinski definition) is 2. The molecular formula is C25H24BrN3O4. The number of benzene rings is 3. The Morgan fingerprint density at radius 1 is 1.00 bits per heavy atom. The number of methoxy groups -OCH3 is 1. The van der Waals surface area contributed by atoms with Gasteiger partial charge in [0.2, 0.25) is 0 Å². The molecule has 0 spiro atoms. The third kappa shape index (κ3) is 6.66. The average Bonchev–Trinajstić information content (AvgIpc) is 2.81. The quantitative estimate of drug-likeness (QED) is 0.273. The maximum Gasteiger partial charge on any atom is 0.329 e. The van der Waals surface area contributed by atoms with Crippen LogP contribution >= 0.6 is 15.9 Å². The van der Waals surface area contributed by atoms with E-state index in [2.05, 4.69) is 31.8 Å². The minimum absolute atomic E-state index is 0.319. The Bertz CT molecular complexity index is 1180. The summed E-state index contributed by atoms with van der Waals surface area (Å²) in [4.78, 5) is 24.3. The number of rotatable bonds is 7. The molecule has 0 radical (unpaired) electrons. The SMILES string of the molecule is COc1cccc(/C=N\NC(=O)C(=O)Nc2ccc(C)c(C)c2)c1OCc1ccc(Br)cc1. The van der Waals surface area contributed by atoms with Crippen LogP contribution in [0.4, 0.5) is 5.69 Å². The molecule has 0 heterocycles. The molecule has 3 aromatic carbocycles. The van der Waals surface area contributed by atoms with E-state index in [1.807, 2.05) is 44.2 Å². The van der Waals surface area contributed by atoms with Gasteiger partial charge in [-0.25, -0.2) is 5.43 Å². The number of hydrogen-bond acceptors (Lipinski definition) is 5. The minimum atomic E-state index is -0.885. The Kier molecular flexibility index (Phi) is 8.21. The van der Waals surface area contributed by atoms with Crippen LogP contribution in [0, 0.1) is 13.8 Å². The standard InChI is InChI=1S/C25H24BrN3O4/c1-16-7-12-21(13-17(16)2)28-24(30)25(31)29-27-14-19-5-4-6-22(32-3)23(19)33-15-18-8-10-20(26)11-9-18/h4-14H,15H2,1-3H3,(H,28,30)(H,29,31)/b27-14-. The van der Waals surface area contributed by atoms with Crippen LogP contribution in [0.25, 0.3) is 0 Å². The molecule has 2 amide bonds. The van der Waals surface area contributed by atoms with Gasteiger partial charge in [0.1, 0.15) is 6.61 Å². The van der Waals surface area contributed by atoms with E-state index in [0.717, 1.165) is 21.2 Å². The molecule has 3 aromatic rings. The molecule has 3 rings (SSSR count). The van der Waals surface area contributed by atoms with Gasteiger partial charge in [-0.1, -0.05) is 40.2 Å². The molecule has 8 heteroatoms. The molecule has 0 aromatic heterocycles. The smallest absolute Gasteiger partial charge is 0.329 e. The van der Waals surface area contributed by atoms with Gasteiger partial charge in [-0.3, -0.25) is 9.59 Å². The zero-order valence-electron chi connectivity index (χ0n) is 18.5. The Labute approximate surface area is 200 Å². The first-order chi connectivity index (χ1) is 15.9. The highest BCUT2D eigenvalue weighted by Gasteiger charge is 2.14. The maximum atomic E-state index is 12.2. The minimum Gasteiger partial charge on any atom is -0.493 e. The fourth-order valence-electron chi connectivity index (χ4n) is 2.90. The van der Waals surface area contributed by atoms with E-state index < -0.39 is 11.8 Å². The largest absolute Gasteiger partial charge is 0.493 e. The van der Waals surface area contributed by atoms with Crippen molar-refractivity contribution in [3.8, 4) is 11.5 Å². The number of aryl methyl sites for hydroxylation is 2. The summed E-state index contributed by atoms with van der Waals surface area (Å²) in [5.74, 6) is -0.701. The second kappa shape index (κ2) is 11.3. The fraction of sp³-hybridized carbons (Fsp3) is 0.160. The summed E-state index contributed by atoms with van der Waals surface area (Å²) in [5, 5.41) is 6.47. The zero-order valence-corrected chi connectivity index (χ0v) is 20.1. The van der Waals surface area contributed by atoms with E-state index in [1.54, 1.807) is 37.4 Å². The third-order valence-electron chi connectivity index (χ3n) is 4.87. The van der Waals surface area contributed by atoms with Crippen LogP contribution in [-0.2, 0) is 16.2 Å². The highest BCUT2D eigenvalue weighted by Crippen LogP contribution is 2.31. The highest BCUT2D eigenvalue weighted by atomic mass is 79.9. The number of para-hydroxylation sites is 1. The number of anilines is 1. The predicted octanol–water partition coefficient (Wildman–Crippen LogP) is 4.74. The molecule has 0 aliphatic rings. The van der Waals surface area contributed by atoms with Crippen LogP contribution in [-0.4, -0.2) is 25.1 Å². The summed E-state index contributed by atoms with van der Waals surface area (Å²) in [6.45, 7) is 4.22. The van der Waals surface area contributed by atoms with Crippen molar-refractivity contribution in [3.05, 3.63) is 87.4 Å².